The number of thiazole rings is 1. The summed E-state index contributed by atoms with van der Waals surface area (Å²) in [4.78, 5) is 19.7. The lowest BCUT2D eigenvalue weighted by Crippen LogP contribution is -2.40. The van der Waals surface area contributed by atoms with Crippen molar-refractivity contribution in [1.82, 2.24) is 15.2 Å². The van der Waals surface area contributed by atoms with E-state index in [4.69, 9.17) is 4.74 Å². The second kappa shape index (κ2) is 10.0. The van der Waals surface area contributed by atoms with E-state index in [1.54, 1.807) is 18.4 Å². The van der Waals surface area contributed by atoms with Crippen LogP contribution in [-0.2, 0) is 11.2 Å². The fourth-order valence-corrected chi connectivity index (χ4v) is 5.03. The number of aromatic nitrogens is 1. The summed E-state index contributed by atoms with van der Waals surface area (Å²) < 4.78 is 6.48. The highest BCUT2D eigenvalue weighted by atomic mass is 32.1. The number of para-hydroxylation sites is 1. The number of piperidine rings is 1. The molecule has 1 atom stereocenters. The summed E-state index contributed by atoms with van der Waals surface area (Å²) >= 11 is 1.68. The van der Waals surface area contributed by atoms with Crippen LogP contribution in [0.3, 0.4) is 0 Å². The van der Waals surface area contributed by atoms with Gasteiger partial charge in [0, 0.05) is 19.4 Å². The number of aryl methyl sites for hydroxylation is 1. The van der Waals surface area contributed by atoms with E-state index in [9.17, 15) is 4.79 Å². The summed E-state index contributed by atoms with van der Waals surface area (Å²) in [6.07, 6.45) is 4.88. The van der Waals surface area contributed by atoms with Crippen molar-refractivity contribution in [3.63, 3.8) is 0 Å². The molecular formula is C24H29N3O2S. The van der Waals surface area contributed by atoms with Gasteiger partial charge >= 0.3 is 0 Å². The second-order valence-electron chi connectivity index (χ2n) is 7.76. The van der Waals surface area contributed by atoms with Gasteiger partial charge < -0.3 is 10.1 Å². The number of hydrogen-bond donors (Lipinski definition) is 1. The molecule has 0 radical (unpaired) electrons. The van der Waals surface area contributed by atoms with Crippen molar-refractivity contribution in [2.24, 2.45) is 0 Å². The molecule has 1 saturated heterocycles. The van der Waals surface area contributed by atoms with Crippen LogP contribution in [0.25, 0.3) is 10.2 Å². The lowest BCUT2D eigenvalue weighted by atomic mass is 10.0. The van der Waals surface area contributed by atoms with E-state index in [1.165, 1.54) is 29.5 Å². The highest BCUT2D eigenvalue weighted by Crippen LogP contribution is 2.26. The molecule has 1 aliphatic rings. The van der Waals surface area contributed by atoms with Gasteiger partial charge in [0.2, 0.25) is 5.91 Å². The van der Waals surface area contributed by atoms with E-state index in [-0.39, 0.29) is 11.9 Å². The van der Waals surface area contributed by atoms with Gasteiger partial charge in [-0.25, -0.2) is 4.98 Å². The summed E-state index contributed by atoms with van der Waals surface area (Å²) in [6, 6.07) is 16.6. The molecule has 0 aliphatic carbocycles. The second-order valence-corrected chi connectivity index (χ2v) is 8.88. The van der Waals surface area contributed by atoms with Gasteiger partial charge in [0.1, 0.15) is 5.75 Å². The first-order valence-corrected chi connectivity index (χ1v) is 11.5. The number of nitrogens with zero attached hydrogens (tertiary/aromatic N) is 2. The van der Waals surface area contributed by atoms with Crippen LogP contribution in [0, 0.1) is 0 Å². The molecule has 0 bridgehead atoms. The molecule has 158 valence electrons. The predicted octanol–water partition coefficient (Wildman–Crippen LogP) is 4.58. The Morgan fingerprint density at radius 2 is 1.90 bits per heavy atom. The van der Waals surface area contributed by atoms with Crippen LogP contribution in [0.15, 0.2) is 48.5 Å². The maximum absolute atomic E-state index is 12.6. The molecule has 2 heterocycles. The van der Waals surface area contributed by atoms with Crippen LogP contribution in [0.2, 0.25) is 0 Å². The van der Waals surface area contributed by atoms with Gasteiger partial charge in [-0.3, -0.25) is 9.69 Å². The summed E-state index contributed by atoms with van der Waals surface area (Å²) in [5.41, 5.74) is 2.24. The molecule has 0 unspecified atom stereocenters. The molecule has 1 fully saturated rings. The van der Waals surface area contributed by atoms with Gasteiger partial charge in [0.05, 0.1) is 28.4 Å². The monoisotopic (exact) mass is 423 g/mol. The molecule has 1 amide bonds. The molecular weight excluding hydrogens is 394 g/mol. The minimum Gasteiger partial charge on any atom is -0.497 e. The largest absolute Gasteiger partial charge is 0.497 e. The van der Waals surface area contributed by atoms with Gasteiger partial charge in [0.25, 0.3) is 0 Å². The number of carbonyl (C=O) groups is 1. The van der Waals surface area contributed by atoms with Gasteiger partial charge in [-0.05, 0) is 55.8 Å². The number of carbonyl (C=O) groups excluding carboxylic acids is 1. The number of hydrogen-bond acceptors (Lipinski definition) is 5. The van der Waals surface area contributed by atoms with Crippen LogP contribution in [0.5, 0.6) is 5.75 Å². The Hall–Kier alpha value is -2.44. The quantitative estimate of drug-likeness (QED) is 0.576. The lowest BCUT2D eigenvalue weighted by molar-refractivity contribution is -0.121. The SMILES string of the molecule is COc1ccc([C@H](CNC(=O)CCc2nc3ccccc3s2)N2CCCCC2)cc1. The molecule has 2 aromatic carbocycles. The van der Waals surface area contributed by atoms with Crippen molar-refractivity contribution >= 4 is 27.5 Å². The smallest absolute Gasteiger partial charge is 0.220 e. The molecule has 1 aromatic heterocycles. The van der Waals surface area contributed by atoms with Crippen LogP contribution < -0.4 is 10.1 Å². The highest BCUT2D eigenvalue weighted by molar-refractivity contribution is 7.18. The van der Waals surface area contributed by atoms with E-state index in [0.717, 1.165) is 29.4 Å². The van der Waals surface area contributed by atoms with Crippen molar-refractivity contribution in [3.05, 3.63) is 59.1 Å². The first-order valence-electron chi connectivity index (χ1n) is 10.7. The van der Waals surface area contributed by atoms with Gasteiger partial charge in [-0.15, -0.1) is 11.3 Å². The first-order chi connectivity index (χ1) is 14.7. The van der Waals surface area contributed by atoms with E-state index in [0.29, 0.717) is 19.4 Å². The fourth-order valence-electron chi connectivity index (χ4n) is 4.06. The normalized spacial score (nSPS) is 15.8. The van der Waals surface area contributed by atoms with Crippen molar-refractivity contribution in [3.8, 4) is 5.75 Å². The molecule has 3 aromatic rings. The Morgan fingerprint density at radius 3 is 2.63 bits per heavy atom. The van der Waals surface area contributed by atoms with Crippen molar-refractivity contribution in [1.29, 1.82) is 0 Å². The molecule has 6 heteroatoms. The van der Waals surface area contributed by atoms with Crippen LogP contribution >= 0.6 is 11.3 Å². The van der Waals surface area contributed by atoms with E-state index in [1.807, 2.05) is 30.3 Å². The maximum Gasteiger partial charge on any atom is 0.220 e. The van der Waals surface area contributed by atoms with Gasteiger partial charge in [0.15, 0.2) is 0 Å². The summed E-state index contributed by atoms with van der Waals surface area (Å²) in [5.74, 6) is 0.945. The molecule has 1 N–H and O–H groups in total. The first kappa shape index (κ1) is 20.8. The predicted molar refractivity (Wildman–Crippen MR) is 122 cm³/mol. The van der Waals surface area contributed by atoms with Crippen LogP contribution in [0.1, 0.15) is 42.3 Å². The molecule has 5 nitrogen and oxygen atoms in total. The van der Waals surface area contributed by atoms with Crippen molar-refractivity contribution in [2.45, 2.75) is 38.1 Å². The minimum absolute atomic E-state index is 0.0878. The number of amides is 1. The Labute approximate surface area is 182 Å². The number of benzene rings is 2. The molecule has 4 rings (SSSR count). The zero-order chi connectivity index (χ0) is 20.8. The standard InChI is InChI=1S/C24H29N3O2S/c1-29-19-11-9-18(10-12-19)21(27-15-5-2-6-16-27)17-25-23(28)13-14-24-26-20-7-3-4-8-22(20)30-24/h3-4,7-12,21H,2,5-6,13-17H2,1H3,(H,25,28)/t21-/m0/s1. The number of ether oxygens (including phenoxy) is 1. The van der Waals surface area contributed by atoms with E-state index in [2.05, 4.69) is 33.4 Å². The molecule has 30 heavy (non-hydrogen) atoms. The fraction of sp³-hybridized carbons (Fsp3) is 0.417. The summed E-state index contributed by atoms with van der Waals surface area (Å²) in [7, 11) is 1.68. The number of likely N-dealkylation sites (tertiary alicyclic amines) is 1. The Kier molecular flexibility index (Phi) is 6.97. The zero-order valence-electron chi connectivity index (χ0n) is 17.5. The average Bonchev–Trinajstić information content (AvgIpc) is 3.22. The van der Waals surface area contributed by atoms with Crippen LogP contribution in [-0.4, -0.2) is 42.5 Å². The average molecular weight is 424 g/mol. The third-order valence-electron chi connectivity index (χ3n) is 5.73. The highest BCUT2D eigenvalue weighted by Gasteiger charge is 2.23. The van der Waals surface area contributed by atoms with E-state index < -0.39 is 0 Å². The Balaban J connectivity index is 1.36. The van der Waals surface area contributed by atoms with Gasteiger partial charge in [-0.2, -0.15) is 0 Å². The number of methoxy groups -OCH3 is 1. The number of nitrogens with one attached hydrogen (secondary N) is 1. The van der Waals surface area contributed by atoms with E-state index >= 15 is 0 Å². The van der Waals surface area contributed by atoms with Crippen molar-refractivity contribution < 1.29 is 9.53 Å². The molecule has 1 aliphatic heterocycles. The Bertz CT molecular complexity index is 931. The number of fused-ring (bicyclic) bond motifs is 1. The topological polar surface area (TPSA) is 54.5 Å². The zero-order valence-corrected chi connectivity index (χ0v) is 18.3. The lowest BCUT2D eigenvalue weighted by Gasteiger charge is -2.35. The Morgan fingerprint density at radius 1 is 1.13 bits per heavy atom. The van der Waals surface area contributed by atoms with Crippen LogP contribution in [0.4, 0.5) is 0 Å². The third kappa shape index (κ3) is 5.18. The maximum atomic E-state index is 12.6. The molecule has 0 spiro atoms. The van der Waals surface area contributed by atoms with Gasteiger partial charge in [-0.1, -0.05) is 30.7 Å². The minimum atomic E-state index is 0.0878. The summed E-state index contributed by atoms with van der Waals surface area (Å²) in [6.45, 7) is 2.79. The third-order valence-corrected chi connectivity index (χ3v) is 6.82. The number of rotatable bonds is 8. The molecule has 0 saturated carbocycles. The summed E-state index contributed by atoms with van der Waals surface area (Å²) in [5, 5.41) is 4.20. The van der Waals surface area contributed by atoms with Crippen molar-refractivity contribution in [2.75, 3.05) is 26.7 Å².